The molecule has 25 heavy (non-hydrogen) atoms. The van der Waals surface area contributed by atoms with E-state index in [0.29, 0.717) is 0 Å². The molecule has 0 saturated carbocycles. The highest BCUT2D eigenvalue weighted by atomic mass is 16.1. The van der Waals surface area contributed by atoms with Crippen LogP contribution in [0.25, 0.3) is 0 Å². The Hall–Kier alpha value is -2.33. The lowest BCUT2D eigenvalue weighted by Gasteiger charge is -2.41. The molecule has 4 nitrogen and oxygen atoms in total. The maximum atomic E-state index is 11.5. The number of hydrogen-bond donors (Lipinski definition) is 2. The fourth-order valence-electron chi connectivity index (χ4n) is 3.70. The quantitative estimate of drug-likeness (QED) is 0.869. The smallest absolute Gasteiger partial charge is 0.217 e. The largest absolute Gasteiger partial charge is 0.356 e. The van der Waals surface area contributed by atoms with Gasteiger partial charge in [-0.2, -0.15) is 0 Å². The summed E-state index contributed by atoms with van der Waals surface area (Å²) >= 11 is 0. The third kappa shape index (κ3) is 5.07. The predicted molar refractivity (Wildman–Crippen MR) is 103 cm³/mol. The van der Waals surface area contributed by atoms with Gasteiger partial charge in [-0.25, -0.2) is 0 Å². The van der Waals surface area contributed by atoms with E-state index in [2.05, 4.69) is 58.9 Å². The van der Waals surface area contributed by atoms with Gasteiger partial charge in [0.2, 0.25) is 5.91 Å². The molecule has 2 N–H and O–H groups in total. The average Bonchev–Trinajstić information content (AvgIpc) is 2.55. The second-order valence-corrected chi connectivity index (χ2v) is 7.25. The van der Waals surface area contributed by atoms with E-state index < -0.39 is 0 Å². The van der Waals surface area contributed by atoms with E-state index in [4.69, 9.17) is 0 Å². The molecular weight excluding hydrogens is 310 g/mol. The first-order valence-electron chi connectivity index (χ1n) is 8.95. The minimum absolute atomic E-state index is 0.0541. The minimum atomic E-state index is -0.121. The number of carbonyl (C=O) groups is 1. The Bertz CT molecular complexity index is 716. The van der Waals surface area contributed by atoms with Crippen molar-refractivity contribution in [1.29, 1.82) is 0 Å². The van der Waals surface area contributed by atoms with Gasteiger partial charge in [0.15, 0.2) is 0 Å². The van der Waals surface area contributed by atoms with Gasteiger partial charge in [0.05, 0.1) is 0 Å². The molecular formula is C21H27N3O. The molecule has 1 heterocycles. The number of anilines is 2. The van der Waals surface area contributed by atoms with Crippen molar-refractivity contribution < 1.29 is 4.79 Å². The Balaban J connectivity index is 1.64. The van der Waals surface area contributed by atoms with E-state index in [1.165, 1.54) is 5.56 Å². The number of likely N-dealkylation sites (tertiary alicyclic amines) is 1. The number of para-hydroxylation sites is 1. The van der Waals surface area contributed by atoms with Crippen molar-refractivity contribution in [2.24, 2.45) is 0 Å². The molecule has 1 aliphatic rings. The summed E-state index contributed by atoms with van der Waals surface area (Å²) in [4.78, 5) is 13.9. The van der Waals surface area contributed by atoms with Crippen LogP contribution < -0.4 is 10.6 Å². The Kier molecular flexibility index (Phi) is 5.39. The topological polar surface area (TPSA) is 44.4 Å². The lowest BCUT2D eigenvalue weighted by molar-refractivity contribution is -0.121. The molecule has 132 valence electrons. The van der Waals surface area contributed by atoms with Crippen LogP contribution in [0.3, 0.4) is 0 Å². The Labute approximate surface area is 150 Å². The molecule has 3 rings (SSSR count). The van der Waals surface area contributed by atoms with Gasteiger partial charge in [-0.05, 0) is 56.1 Å². The highest BCUT2D eigenvalue weighted by Crippen LogP contribution is 2.24. The van der Waals surface area contributed by atoms with Gasteiger partial charge in [-0.3, -0.25) is 9.69 Å². The minimum Gasteiger partial charge on any atom is -0.356 e. The van der Waals surface area contributed by atoms with Crippen molar-refractivity contribution in [1.82, 2.24) is 10.2 Å². The van der Waals surface area contributed by atoms with Crippen LogP contribution in [0.4, 0.5) is 11.4 Å². The van der Waals surface area contributed by atoms with E-state index in [1.807, 2.05) is 18.2 Å². The number of piperidine rings is 1. The van der Waals surface area contributed by atoms with Gasteiger partial charge >= 0.3 is 0 Å². The number of amides is 1. The van der Waals surface area contributed by atoms with Crippen LogP contribution in [0.5, 0.6) is 0 Å². The SMILES string of the molecule is CC(=O)NC1(C)CCCN(Cc2cccc(Nc3ccccc3)c2)C1. The number of benzene rings is 2. The standard InChI is InChI=1S/C21H27N3O/c1-17(25)23-21(2)12-7-13-24(16-21)15-18-8-6-11-20(14-18)22-19-9-4-3-5-10-19/h3-6,8-11,14,22H,7,12-13,15-16H2,1-2H3,(H,23,25). The zero-order valence-electron chi connectivity index (χ0n) is 15.1. The molecule has 0 bridgehead atoms. The van der Waals surface area contributed by atoms with Gasteiger partial charge in [0.1, 0.15) is 0 Å². The van der Waals surface area contributed by atoms with Crippen LogP contribution >= 0.6 is 0 Å². The second-order valence-electron chi connectivity index (χ2n) is 7.25. The van der Waals surface area contributed by atoms with E-state index in [9.17, 15) is 4.79 Å². The molecule has 1 aliphatic heterocycles. The molecule has 0 radical (unpaired) electrons. The van der Waals surface area contributed by atoms with E-state index in [1.54, 1.807) is 6.92 Å². The van der Waals surface area contributed by atoms with Gasteiger partial charge in [-0.1, -0.05) is 30.3 Å². The lowest BCUT2D eigenvalue weighted by atomic mass is 9.90. The molecule has 1 saturated heterocycles. The second kappa shape index (κ2) is 7.70. The summed E-state index contributed by atoms with van der Waals surface area (Å²) in [5.74, 6) is 0.0541. The Morgan fingerprint density at radius 3 is 2.64 bits per heavy atom. The van der Waals surface area contributed by atoms with Crippen LogP contribution in [-0.4, -0.2) is 29.4 Å². The van der Waals surface area contributed by atoms with E-state index in [0.717, 1.165) is 43.9 Å². The zero-order valence-corrected chi connectivity index (χ0v) is 15.1. The Morgan fingerprint density at radius 1 is 1.12 bits per heavy atom. The molecule has 1 fully saturated rings. The van der Waals surface area contributed by atoms with Crippen molar-refractivity contribution >= 4 is 17.3 Å². The first-order valence-corrected chi connectivity index (χ1v) is 8.95. The van der Waals surface area contributed by atoms with Gasteiger partial charge in [0, 0.05) is 36.9 Å². The van der Waals surface area contributed by atoms with Crippen LogP contribution in [0.15, 0.2) is 54.6 Å². The number of carbonyl (C=O) groups excluding carboxylic acids is 1. The van der Waals surface area contributed by atoms with Crippen molar-refractivity contribution in [2.45, 2.75) is 38.8 Å². The van der Waals surface area contributed by atoms with Crippen molar-refractivity contribution in [3.8, 4) is 0 Å². The summed E-state index contributed by atoms with van der Waals surface area (Å²) in [5, 5.41) is 6.57. The predicted octanol–water partition coefficient (Wildman–Crippen LogP) is 3.92. The molecule has 4 heteroatoms. The number of nitrogens with one attached hydrogen (secondary N) is 2. The van der Waals surface area contributed by atoms with E-state index >= 15 is 0 Å². The molecule has 0 aliphatic carbocycles. The highest BCUT2D eigenvalue weighted by Gasteiger charge is 2.31. The first kappa shape index (κ1) is 17.5. The van der Waals surface area contributed by atoms with Crippen molar-refractivity contribution in [3.05, 3.63) is 60.2 Å². The van der Waals surface area contributed by atoms with Gasteiger partial charge in [0.25, 0.3) is 0 Å². The van der Waals surface area contributed by atoms with Crippen molar-refractivity contribution in [2.75, 3.05) is 18.4 Å². The van der Waals surface area contributed by atoms with Crippen LogP contribution in [0.2, 0.25) is 0 Å². The molecule has 1 amide bonds. The molecule has 0 aromatic heterocycles. The maximum absolute atomic E-state index is 11.5. The van der Waals surface area contributed by atoms with Crippen LogP contribution in [0.1, 0.15) is 32.3 Å². The molecule has 0 spiro atoms. The summed E-state index contributed by atoms with van der Waals surface area (Å²) < 4.78 is 0. The summed E-state index contributed by atoms with van der Waals surface area (Å²) in [6.07, 6.45) is 2.15. The average molecular weight is 337 g/mol. The third-order valence-corrected chi connectivity index (χ3v) is 4.65. The van der Waals surface area contributed by atoms with E-state index in [-0.39, 0.29) is 11.4 Å². The fraction of sp³-hybridized carbons (Fsp3) is 0.381. The fourth-order valence-corrected chi connectivity index (χ4v) is 3.70. The molecule has 2 aromatic rings. The molecule has 2 aromatic carbocycles. The first-order chi connectivity index (χ1) is 12.0. The molecule has 1 unspecified atom stereocenters. The van der Waals surface area contributed by atoms with Gasteiger partial charge in [-0.15, -0.1) is 0 Å². The third-order valence-electron chi connectivity index (χ3n) is 4.65. The number of rotatable bonds is 5. The number of nitrogens with zero attached hydrogens (tertiary/aromatic N) is 1. The van der Waals surface area contributed by atoms with Crippen LogP contribution in [-0.2, 0) is 11.3 Å². The van der Waals surface area contributed by atoms with Crippen LogP contribution in [0, 0.1) is 0 Å². The maximum Gasteiger partial charge on any atom is 0.217 e. The molecule has 1 atom stereocenters. The highest BCUT2D eigenvalue weighted by molar-refractivity contribution is 5.73. The van der Waals surface area contributed by atoms with Crippen molar-refractivity contribution in [3.63, 3.8) is 0 Å². The zero-order chi connectivity index (χ0) is 17.7. The summed E-state index contributed by atoms with van der Waals surface area (Å²) in [6, 6.07) is 18.8. The van der Waals surface area contributed by atoms with Gasteiger partial charge < -0.3 is 10.6 Å². The normalized spacial score (nSPS) is 20.9. The summed E-state index contributed by atoms with van der Waals surface area (Å²) in [5.41, 5.74) is 3.36. The number of hydrogen-bond acceptors (Lipinski definition) is 3. The lowest BCUT2D eigenvalue weighted by Crippen LogP contribution is -2.56. The summed E-state index contributed by atoms with van der Waals surface area (Å²) in [6.45, 7) is 6.62. The monoisotopic (exact) mass is 337 g/mol. The Morgan fingerprint density at radius 2 is 1.88 bits per heavy atom. The summed E-state index contributed by atoms with van der Waals surface area (Å²) in [7, 11) is 0.